The zero-order chi connectivity index (χ0) is 13.8. The summed E-state index contributed by atoms with van der Waals surface area (Å²) >= 11 is 3.48. The first kappa shape index (κ1) is 14.0. The molecule has 102 valence electrons. The Morgan fingerprint density at radius 1 is 1.32 bits per heavy atom. The Morgan fingerprint density at radius 3 is 2.79 bits per heavy atom. The van der Waals surface area contributed by atoms with Crippen LogP contribution in [0.3, 0.4) is 0 Å². The van der Waals surface area contributed by atoms with E-state index in [4.69, 9.17) is 0 Å². The van der Waals surface area contributed by atoms with Crippen molar-refractivity contribution in [3.63, 3.8) is 0 Å². The highest BCUT2D eigenvalue weighted by Crippen LogP contribution is 2.17. The molecule has 0 spiro atoms. The van der Waals surface area contributed by atoms with E-state index in [9.17, 15) is 0 Å². The summed E-state index contributed by atoms with van der Waals surface area (Å²) in [5.74, 6) is 1.52. The minimum absolute atomic E-state index is 0.646. The lowest BCUT2D eigenvalue weighted by Gasteiger charge is -2.07. The van der Waals surface area contributed by atoms with E-state index in [1.54, 1.807) is 6.20 Å². The van der Waals surface area contributed by atoms with Crippen molar-refractivity contribution in [2.75, 3.05) is 19.0 Å². The zero-order valence-corrected chi connectivity index (χ0v) is 12.8. The van der Waals surface area contributed by atoms with Crippen LogP contribution in [0.25, 0.3) is 0 Å². The van der Waals surface area contributed by atoms with Crippen LogP contribution >= 0.6 is 15.9 Å². The van der Waals surface area contributed by atoms with Gasteiger partial charge in [0.15, 0.2) is 0 Å². The van der Waals surface area contributed by atoms with Crippen molar-refractivity contribution < 1.29 is 0 Å². The number of nitrogens with one attached hydrogen (secondary N) is 2. The Kier molecular flexibility index (Phi) is 4.49. The molecule has 0 unspecified atom stereocenters. The molecule has 0 amide bonds. The van der Waals surface area contributed by atoms with Gasteiger partial charge in [0.25, 0.3) is 0 Å². The molecule has 0 saturated carbocycles. The van der Waals surface area contributed by atoms with Crippen LogP contribution in [0, 0.1) is 6.92 Å². The first-order chi connectivity index (χ1) is 9.08. The Labute approximate surface area is 120 Å². The molecule has 0 radical (unpaired) electrons. The van der Waals surface area contributed by atoms with Gasteiger partial charge in [-0.1, -0.05) is 0 Å². The summed E-state index contributed by atoms with van der Waals surface area (Å²) in [7, 11) is 3.83. The maximum absolute atomic E-state index is 4.35. The van der Waals surface area contributed by atoms with Crippen molar-refractivity contribution in [1.82, 2.24) is 25.5 Å². The van der Waals surface area contributed by atoms with Crippen molar-refractivity contribution in [2.45, 2.75) is 20.0 Å². The number of H-pyrrole nitrogens is 1. The van der Waals surface area contributed by atoms with E-state index in [1.807, 2.05) is 25.2 Å². The molecule has 0 bridgehead atoms. The van der Waals surface area contributed by atoms with Gasteiger partial charge in [0.05, 0.1) is 6.54 Å². The summed E-state index contributed by atoms with van der Waals surface area (Å²) in [6.07, 6.45) is 3.68. The normalized spacial score (nSPS) is 10.7. The fourth-order valence-electron chi connectivity index (χ4n) is 1.60. The largest absolute Gasteiger partial charge is 0.346 e. The van der Waals surface area contributed by atoms with Crippen LogP contribution in [-0.2, 0) is 13.1 Å². The number of hydrogen-bond donors (Lipinski definition) is 2. The van der Waals surface area contributed by atoms with Crippen molar-refractivity contribution in [2.24, 2.45) is 0 Å². The van der Waals surface area contributed by atoms with Gasteiger partial charge >= 0.3 is 0 Å². The van der Waals surface area contributed by atoms with Gasteiger partial charge in [0.1, 0.15) is 5.82 Å². The van der Waals surface area contributed by atoms with Crippen molar-refractivity contribution in [3.8, 4) is 0 Å². The average Bonchev–Trinajstić information content (AvgIpc) is 2.83. The maximum Gasteiger partial charge on any atom is 0.244 e. The van der Waals surface area contributed by atoms with E-state index in [2.05, 4.69) is 48.3 Å². The quantitative estimate of drug-likeness (QED) is 0.874. The second-order valence-corrected chi connectivity index (χ2v) is 5.34. The summed E-state index contributed by atoms with van der Waals surface area (Å²) in [5.41, 5.74) is 2.37. The Bertz CT molecular complexity index is 551. The van der Waals surface area contributed by atoms with E-state index in [1.165, 1.54) is 11.1 Å². The summed E-state index contributed by atoms with van der Waals surface area (Å²) < 4.78 is 1.03. The van der Waals surface area contributed by atoms with Gasteiger partial charge in [-0.2, -0.15) is 4.98 Å². The zero-order valence-electron chi connectivity index (χ0n) is 11.2. The van der Waals surface area contributed by atoms with Crippen molar-refractivity contribution >= 4 is 21.9 Å². The smallest absolute Gasteiger partial charge is 0.244 e. The Hall–Kier alpha value is -1.47. The Balaban J connectivity index is 1.91. The highest BCUT2D eigenvalue weighted by atomic mass is 79.9. The third-order valence-corrected chi connectivity index (χ3v) is 3.59. The second kappa shape index (κ2) is 6.12. The summed E-state index contributed by atoms with van der Waals surface area (Å²) in [6, 6.07) is 0. The van der Waals surface area contributed by atoms with Gasteiger partial charge in [-0.05, 0) is 34.0 Å². The minimum atomic E-state index is 0.646. The van der Waals surface area contributed by atoms with Gasteiger partial charge in [-0.25, -0.2) is 0 Å². The molecule has 2 heterocycles. The van der Waals surface area contributed by atoms with E-state index in [0.717, 1.165) is 16.8 Å². The topological polar surface area (TPSA) is 69.7 Å². The lowest BCUT2D eigenvalue weighted by atomic mass is 10.1. The molecule has 7 heteroatoms. The standard InChI is InChI=1S/C12H17BrN6/c1-8-9(4-14-6-10(8)13)5-15-7-11-16-12(18-17-11)19(2)3/h4,6,15H,5,7H2,1-3H3,(H,16,17,18). The molecule has 2 aromatic heterocycles. The molecule has 0 aliphatic rings. The first-order valence-corrected chi connectivity index (χ1v) is 6.75. The molecule has 0 aliphatic heterocycles. The third kappa shape index (κ3) is 3.51. The molecule has 2 N–H and O–H groups in total. The molecule has 0 aromatic carbocycles. The SMILES string of the molecule is Cc1c(Br)cncc1CNCc1nc(N(C)C)n[nH]1. The van der Waals surface area contributed by atoms with Gasteiger partial charge in [0, 0.05) is 37.5 Å². The van der Waals surface area contributed by atoms with E-state index in [0.29, 0.717) is 12.5 Å². The van der Waals surface area contributed by atoms with Crippen LogP contribution in [0.5, 0.6) is 0 Å². The summed E-state index contributed by atoms with van der Waals surface area (Å²) in [5, 5.41) is 10.3. The van der Waals surface area contributed by atoms with Crippen LogP contribution in [-0.4, -0.2) is 34.3 Å². The first-order valence-electron chi connectivity index (χ1n) is 5.96. The average molecular weight is 325 g/mol. The molecule has 0 aliphatic carbocycles. The number of aromatic amines is 1. The predicted molar refractivity (Wildman–Crippen MR) is 77.9 cm³/mol. The van der Waals surface area contributed by atoms with Crippen molar-refractivity contribution in [3.05, 3.63) is 33.8 Å². The molecule has 0 atom stereocenters. The summed E-state index contributed by atoms with van der Waals surface area (Å²) in [4.78, 5) is 10.4. The Morgan fingerprint density at radius 2 is 2.11 bits per heavy atom. The van der Waals surface area contributed by atoms with Crippen LogP contribution in [0.15, 0.2) is 16.9 Å². The monoisotopic (exact) mass is 324 g/mol. The number of halogens is 1. The van der Waals surface area contributed by atoms with Gasteiger partial charge in [0.2, 0.25) is 5.95 Å². The minimum Gasteiger partial charge on any atom is -0.346 e. The van der Waals surface area contributed by atoms with Gasteiger partial charge < -0.3 is 10.2 Å². The number of rotatable bonds is 5. The van der Waals surface area contributed by atoms with Gasteiger partial charge in [-0.15, -0.1) is 5.10 Å². The molecule has 2 rings (SSSR count). The molecule has 0 fully saturated rings. The molecule has 19 heavy (non-hydrogen) atoms. The number of hydrogen-bond acceptors (Lipinski definition) is 5. The molecule has 2 aromatic rings. The highest BCUT2D eigenvalue weighted by molar-refractivity contribution is 9.10. The van der Waals surface area contributed by atoms with Crippen LogP contribution < -0.4 is 10.2 Å². The fourth-order valence-corrected chi connectivity index (χ4v) is 1.97. The molecule has 6 nitrogen and oxygen atoms in total. The molecular weight excluding hydrogens is 308 g/mol. The van der Waals surface area contributed by atoms with Crippen molar-refractivity contribution in [1.29, 1.82) is 0 Å². The second-order valence-electron chi connectivity index (χ2n) is 4.49. The van der Waals surface area contributed by atoms with E-state index in [-0.39, 0.29) is 0 Å². The lowest BCUT2D eigenvalue weighted by Crippen LogP contribution is -2.15. The molecule has 0 saturated heterocycles. The van der Waals surface area contributed by atoms with Gasteiger partial charge in [-0.3, -0.25) is 10.1 Å². The van der Waals surface area contributed by atoms with Crippen LogP contribution in [0.2, 0.25) is 0 Å². The van der Waals surface area contributed by atoms with Crippen LogP contribution in [0.1, 0.15) is 17.0 Å². The predicted octanol–water partition coefficient (Wildman–Crippen LogP) is 1.63. The number of pyridine rings is 1. The molecular formula is C12H17BrN6. The number of anilines is 1. The van der Waals surface area contributed by atoms with E-state index >= 15 is 0 Å². The number of nitrogens with zero attached hydrogens (tertiary/aromatic N) is 4. The summed E-state index contributed by atoms with van der Waals surface area (Å²) in [6.45, 7) is 3.46. The highest BCUT2D eigenvalue weighted by Gasteiger charge is 2.05. The van der Waals surface area contributed by atoms with Crippen LogP contribution in [0.4, 0.5) is 5.95 Å². The maximum atomic E-state index is 4.35. The van der Waals surface area contributed by atoms with E-state index < -0.39 is 0 Å². The lowest BCUT2D eigenvalue weighted by molar-refractivity contribution is 0.660. The third-order valence-electron chi connectivity index (χ3n) is 2.79. The fraction of sp³-hybridized carbons (Fsp3) is 0.417. The number of aromatic nitrogens is 4.